The highest BCUT2D eigenvalue weighted by molar-refractivity contribution is 7.22. The van der Waals surface area contributed by atoms with E-state index in [1.54, 1.807) is 52.2 Å². The number of carbonyl (C=O) groups is 4. The molecular formula is C47H45ClN4O6S. The molecule has 0 unspecified atom stereocenters. The lowest BCUT2D eigenvalue weighted by atomic mass is 9.51. The second-order valence-corrected chi connectivity index (χ2v) is 18.7. The molecule has 4 heterocycles. The van der Waals surface area contributed by atoms with Crippen molar-refractivity contribution in [2.75, 3.05) is 4.90 Å². The number of hydrogen-bond donors (Lipinski definition) is 1. The Morgan fingerprint density at radius 2 is 1.71 bits per heavy atom. The maximum atomic E-state index is 15.3. The summed E-state index contributed by atoms with van der Waals surface area (Å²) in [6.07, 6.45) is 7.30. The Hall–Kier alpha value is -5.26. The number of allylic oxidation sites excluding steroid dienone is 2. The third kappa shape index (κ3) is 5.82. The van der Waals surface area contributed by atoms with E-state index in [0.717, 1.165) is 63.8 Å². The number of halogens is 1. The highest BCUT2D eigenvalue weighted by Gasteiger charge is 2.68. The maximum absolute atomic E-state index is 15.3. The van der Waals surface area contributed by atoms with Gasteiger partial charge in [0.05, 0.1) is 28.0 Å². The van der Waals surface area contributed by atoms with Gasteiger partial charge in [0.2, 0.25) is 23.6 Å². The Balaban J connectivity index is 1.05. The maximum Gasteiger partial charge on any atom is 0.242 e. The molecule has 0 radical (unpaired) electrons. The fourth-order valence-electron chi connectivity index (χ4n) is 11.1. The van der Waals surface area contributed by atoms with Crippen molar-refractivity contribution in [1.29, 1.82) is 0 Å². The number of amides is 4. The summed E-state index contributed by atoms with van der Waals surface area (Å²) in [7, 11) is 1.73. The van der Waals surface area contributed by atoms with E-state index in [9.17, 15) is 14.7 Å². The number of fused-ring (bicyclic) bond motifs is 5. The van der Waals surface area contributed by atoms with Crippen LogP contribution in [0.5, 0.6) is 11.5 Å². The molecule has 0 bridgehead atoms. The minimum absolute atomic E-state index is 0.0660. The highest BCUT2D eigenvalue weighted by Crippen LogP contribution is 2.64. The summed E-state index contributed by atoms with van der Waals surface area (Å²) in [4.78, 5) is 62.8. The van der Waals surface area contributed by atoms with Gasteiger partial charge in [-0.2, -0.15) is 5.10 Å². The molecule has 4 amide bonds. The number of thiophene rings is 1. The predicted molar refractivity (Wildman–Crippen MR) is 226 cm³/mol. The molecule has 2 saturated carbocycles. The number of aromatic hydroxyl groups is 1. The Bertz CT molecular complexity index is 2610. The summed E-state index contributed by atoms with van der Waals surface area (Å²) in [6.45, 7) is 4.15. The lowest BCUT2D eigenvalue weighted by Gasteiger charge is -2.49. The third-order valence-electron chi connectivity index (χ3n) is 14.0. The normalized spacial score (nSPS) is 27.0. The Morgan fingerprint density at radius 3 is 2.47 bits per heavy atom. The number of aryl methyl sites for hydroxylation is 2. The number of imide groups is 2. The number of hydrogen-bond acceptors (Lipinski definition) is 8. The number of aromatic nitrogens is 2. The van der Waals surface area contributed by atoms with Gasteiger partial charge in [-0.3, -0.25) is 28.8 Å². The molecule has 59 heavy (non-hydrogen) atoms. The average Bonchev–Trinajstić information content (AvgIpc) is 3.91. The van der Waals surface area contributed by atoms with Gasteiger partial charge in [0.1, 0.15) is 29.6 Å². The van der Waals surface area contributed by atoms with Gasteiger partial charge in [-0.05, 0) is 86.2 Å². The van der Waals surface area contributed by atoms with Gasteiger partial charge in [0.15, 0.2) is 0 Å². The van der Waals surface area contributed by atoms with E-state index in [2.05, 4.69) is 0 Å². The van der Waals surface area contributed by atoms with Crippen molar-refractivity contribution in [2.45, 2.75) is 77.4 Å². The molecule has 3 aliphatic carbocycles. The summed E-state index contributed by atoms with van der Waals surface area (Å²) in [5.41, 5.74) is 2.59. The van der Waals surface area contributed by atoms with Crippen molar-refractivity contribution in [2.24, 2.45) is 36.1 Å². The molecule has 302 valence electrons. The van der Waals surface area contributed by atoms with Crippen LogP contribution in [0.1, 0.15) is 74.5 Å². The third-order valence-corrected chi connectivity index (χ3v) is 15.6. The van der Waals surface area contributed by atoms with Crippen molar-refractivity contribution in [3.8, 4) is 22.1 Å². The van der Waals surface area contributed by atoms with Gasteiger partial charge in [0.25, 0.3) is 0 Å². The molecule has 10 rings (SSSR count). The van der Waals surface area contributed by atoms with Crippen LogP contribution in [-0.2, 0) is 32.8 Å². The molecule has 2 aromatic heterocycles. The van der Waals surface area contributed by atoms with Crippen LogP contribution < -0.4 is 9.64 Å². The summed E-state index contributed by atoms with van der Waals surface area (Å²) in [5.74, 6) is -3.54. The smallest absolute Gasteiger partial charge is 0.242 e. The first kappa shape index (κ1) is 38.0. The molecular weight excluding hydrogens is 784 g/mol. The monoisotopic (exact) mass is 828 g/mol. The zero-order valence-electron chi connectivity index (χ0n) is 33.2. The van der Waals surface area contributed by atoms with Crippen LogP contribution in [0.2, 0.25) is 5.02 Å². The van der Waals surface area contributed by atoms with Gasteiger partial charge < -0.3 is 9.84 Å². The molecule has 2 saturated heterocycles. The largest absolute Gasteiger partial charge is 0.508 e. The van der Waals surface area contributed by atoms with Gasteiger partial charge in [0, 0.05) is 46.4 Å². The molecule has 6 atom stereocenters. The standard InChI is InChI=1S/C47H45ClN4O6S/c1-25-33-20-27(48)14-19-38(33)59-42(25)36-23-39(50(3)49-36)52-44(55)35-22-34-30(17-18-32-40(34)45(56)51(43(32)54)28-12-8-5-9-13-28)41(47(35,2)46(52)57)31-16-15-29(21-37(31)53)58-24-26-10-6-4-7-11-26/h4,6-7,10-11,14-17,19-21,23,28,32,34-35,40-41,53H,5,8-9,12-13,18,22,24H2,1-3H3/t32-,34+,35-,40-,41+,47+/m0/s1. The number of carbonyl (C=O) groups excluding carboxylic acids is 4. The molecule has 0 spiro atoms. The van der Waals surface area contributed by atoms with Gasteiger partial charge in [-0.15, -0.1) is 11.3 Å². The Morgan fingerprint density at radius 1 is 0.932 bits per heavy atom. The summed E-state index contributed by atoms with van der Waals surface area (Å²) >= 11 is 7.92. The lowest BCUT2D eigenvalue weighted by Crippen LogP contribution is -2.49. The van der Waals surface area contributed by atoms with Crippen molar-refractivity contribution in [1.82, 2.24) is 14.7 Å². The molecule has 5 aliphatic rings. The predicted octanol–water partition coefficient (Wildman–Crippen LogP) is 9.11. The summed E-state index contributed by atoms with van der Waals surface area (Å²) in [6, 6.07) is 22.3. The van der Waals surface area contributed by atoms with Crippen LogP contribution in [0.4, 0.5) is 5.82 Å². The quantitative estimate of drug-likeness (QED) is 0.128. The number of anilines is 1. The van der Waals surface area contributed by atoms with Crippen LogP contribution in [0, 0.1) is 36.0 Å². The summed E-state index contributed by atoms with van der Waals surface area (Å²) < 4.78 is 8.71. The van der Waals surface area contributed by atoms with E-state index < -0.39 is 40.9 Å². The number of rotatable bonds is 7. The number of benzene rings is 3. The molecule has 2 aliphatic heterocycles. The fraction of sp³-hybridized carbons (Fsp3) is 0.383. The van der Waals surface area contributed by atoms with Crippen LogP contribution in [0.25, 0.3) is 20.7 Å². The first-order valence-electron chi connectivity index (χ1n) is 20.6. The van der Waals surface area contributed by atoms with Crippen LogP contribution in [0.15, 0.2) is 84.4 Å². The molecule has 1 N–H and O–H groups in total. The van der Waals surface area contributed by atoms with E-state index in [0.29, 0.717) is 40.9 Å². The van der Waals surface area contributed by atoms with E-state index in [4.69, 9.17) is 21.4 Å². The topological polar surface area (TPSA) is 122 Å². The number of likely N-dealkylation sites (tertiary alicyclic amines) is 1. The Labute approximate surface area is 351 Å². The van der Waals surface area contributed by atoms with Gasteiger partial charge >= 0.3 is 0 Å². The van der Waals surface area contributed by atoms with Crippen LogP contribution >= 0.6 is 22.9 Å². The van der Waals surface area contributed by atoms with Crippen LogP contribution in [-0.4, -0.2) is 49.5 Å². The molecule has 10 nitrogen and oxygen atoms in total. The van der Waals surface area contributed by atoms with Crippen LogP contribution in [0.3, 0.4) is 0 Å². The molecule has 4 fully saturated rings. The lowest BCUT2D eigenvalue weighted by molar-refractivity contribution is -0.144. The number of nitrogens with zero attached hydrogens (tertiary/aromatic N) is 4. The first-order chi connectivity index (χ1) is 28.4. The minimum Gasteiger partial charge on any atom is -0.508 e. The van der Waals surface area contributed by atoms with E-state index in [1.807, 2.05) is 68.5 Å². The second-order valence-electron chi connectivity index (χ2n) is 17.2. The minimum atomic E-state index is -1.33. The van der Waals surface area contributed by atoms with Crippen molar-refractivity contribution >= 4 is 62.5 Å². The zero-order valence-corrected chi connectivity index (χ0v) is 34.8. The fourth-order valence-corrected chi connectivity index (χ4v) is 12.4. The first-order valence-corrected chi connectivity index (χ1v) is 21.8. The Kier molecular flexibility index (Phi) is 9.13. The zero-order chi connectivity index (χ0) is 40.9. The average molecular weight is 829 g/mol. The van der Waals surface area contributed by atoms with Crippen molar-refractivity contribution < 1.29 is 29.0 Å². The highest BCUT2D eigenvalue weighted by atomic mass is 35.5. The SMILES string of the molecule is Cc1c(-c2cc(N3C(=O)[C@@H]4C[C@@H]5C(=CC[C@@H]6C(=O)N(C7CCCCC7)C(=O)[C@@H]65)[C@H](c5ccc(OCc6ccccc6)cc5O)[C@]4(C)C3=O)n(C)n2)sc2ccc(Cl)cc12. The van der Waals surface area contributed by atoms with Crippen molar-refractivity contribution in [3.63, 3.8) is 0 Å². The van der Waals surface area contributed by atoms with E-state index in [-0.39, 0.29) is 35.9 Å². The number of ether oxygens (including phenoxy) is 1. The molecule has 3 aromatic carbocycles. The van der Waals surface area contributed by atoms with E-state index in [1.165, 1.54) is 4.90 Å². The molecule has 5 aromatic rings. The number of phenolic OH excluding ortho intramolecular Hbond substituents is 1. The van der Waals surface area contributed by atoms with Crippen molar-refractivity contribution in [3.05, 3.63) is 106 Å². The van der Waals surface area contributed by atoms with Gasteiger partial charge in [-0.25, -0.2) is 4.90 Å². The number of phenols is 1. The van der Waals surface area contributed by atoms with Gasteiger partial charge in [-0.1, -0.05) is 78.9 Å². The van der Waals surface area contributed by atoms with E-state index >= 15 is 9.59 Å². The second kappa shape index (κ2) is 14.2. The molecule has 12 heteroatoms. The summed E-state index contributed by atoms with van der Waals surface area (Å²) in [5, 5.41) is 18.4.